The first-order valence-corrected chi connectivity index (χ1v) is 11.7. The smallest absolute Gasteiger partial charge is 0.230 e. The molecule has 0 radical (unpaired) electrons. The van der Waals surface area contributed by atoms with E-state index in [0.29, 0.717) is 37.8 Å². The number of thioether (sulfide) groups is 1. The minimum absolute atomic E-state index is 0.0904. The Kier molecular flexibility index (Phi) is 7.45. The van der Waals surface area contributed by atoms with Gasteiger partial charge in [-0.05, 0) is 22.9 Å². The van der Waals surface area contributed by atoms with Crippen LogP contribution in [0.5, 0.6) is 0 Å². The van der Waals surface area contributed by atoms with Crippen LogP contribution in [0.2, 0.25) is 5.02 Å². The number of morpholine rings is 1. The number of carbonyl (C=O) groups excluding carboxylic acids is 1. The molecule has 2 N–H and O–H groups in total. The fourth-order valence-electron chi connectivity index (χ4n) is 3.05. The molecule has 1 aliphatic heterocycles. The highest BCUT2D eigenvalue weighted by molar-refractivity contribution is 8.01. The SMILES string of the molecule is O=C(CSc1nc(-c2nn[nH]n2)cs1)NCC1CN(Cc2ccc(F)c(Cl)c2)CCO1. The Morgan fingerprint density at radius 1 is 1.48 bits per heavy atom. The van der Waals surface area contributed by atoms with Crippen molar-refractivity contribution in [2.24, 2.45) is 0 Å². The van der Waals surface area contributed by atoms with Crippen LogP contribution in [0.15, 0.2) is 27.9 Å². The molecule has 1 unspecified atom stereocenters. The number of aromatic nitrogens is 5. The lowest BCUT2D eigenvalue weighted by Crippen LogP contribution is -2.47. The van der Waals surface area contributed by atoms with Gasteiger partial charge in [0.05, 0.1) is 23.5 Å². The number of aromatic amines is 1. The Morgan fingerprint density at radius 2 is 2.39 bits per heavy atom. The van der Waals surface area contributed by atoms with E-state index in [1.165, 1.54) is 29.2 Å². The summed E-state index contributed by atoms with van der Waals surface area (Å²) in [5.74, 6) is 0.167. The molecule has 0 aliphatic carbocycles. The molecule has 9 nitrogen and oxygen atoms in total. The van der Waals surface area contributed by atoms with E-state index < -0.39 is 5.82 Å². The molecule has 0 spiro atoms. The Bertz CT molecular complexity index is 1020. The van der Waals surface area contributed by atoms with E-state index in [9.17, 15) is 9.18 Å². The minimum Gasteiger partial charge on any atom is -0.374 e. The van der Waals surface area contributed by atoms with Crippen LogP contribution in [-0.2, 0) is 16.1 Å². The van der Waals surface area contributed by atoms with Crippen molar-refractivity contribution in [3.05, 3.63) is 40.0 Å². The number of thiazole rings is 1. The van der Waals surface area contributed by atoms with E-state index in [-0.39, 0.29) is 22.8 Å². The summed E-state index contributed by atoms with van der Waals surface area (Å²) in [6.07, 6.45) is -0.108. The Hall–Kier alpha value is -2.12. The molecule has 1 aromatic carbocycles. The summed E-state index contributed by atoms with van der Waals surface area (Å²) < 4.78 is 19.9. The topological polar surface area (TPSA) is 109 Å². The van der Waals surface area contributed by atoms with Gasteiger partial charge in [-0.15, -0.1) is 21.5 Å². The van der Waals surface area contributed by atoms with Crippen LogP contribution in [0, 0.1) is 5.82 Å². The molecule has 164 valence electrons. The van der Waals surface area contributed by atoms with Gasteiger partial charge in [0.1, 0.15) is 11.5 Å². The van der Waals surface area contributed by atoms with Crippen LogP contribution in [-0.4, -0.2) is 74.5 Å². The molecule has 3 heterocycles. The van der Waals surface area contributed by atoms with E-state index in [4.69, 9.17) is 16.3 Å². The van der Waals surface area contributed by atoms with Crippen molar-refractivity contribution in [2.75, 3.05) is 32.0 Å². The molecule has 0 bridgehead atoms. The first-order chi connectivity index (χ1) is 15.1. The lowest BCUT2D eigenvalue weighted by Gasteiger charge is -2.33. The summed E-state index contributed by atoms with van der Waals surface area (Å²) in [5.41, 5.74) is 1.57. The molecular formula is C18H19ClFN7O2S2. The van der Waals surface area contributed by atoms with Crippen LogP contribution in [0.25, 0.3) is 11.5 Å². The van der Waals surface area contributed by atoms with Crippen molar-refractivity contribution in [1.82, 2.24) is 35.8 Å². The molecule has 0 saturated carbocycles. The molecule has 3 aromatic rings. The summed E-state index contributed by atoms with van der Waals surface area (Å²) in [6.45, 7) is 3.08. The fraction of sp³-hybridized carbons (Fsp3) is 0.389. The van der Waals surface area contributed by atoms with Gasteiger partial charge in [-0.2, -0.15) is 5.21 Å². The molecule has 4 rings (SSSR count). The number of tetrazole rings is 1. The number of hydrogen-bond donors (Lipinski definition) is 2. The summed E-state index contributed by atoms with van der Waals surface area (Å²) in [5, 5.41) is 18.5. The largest absolute Gasteiger partial charge is 0.374 e. The van der Waals surface area contributed by atoms with Gasteiger partial charge in [0.15, 0.2) is 4.34 Å². The third-order valence-electron chi connectivity index (χ3n) is 4.52. The second kappa shape index (κ2) is 10.5. The van der Waals surface area contributed by atoms with E-state index in [2.05, 4.69) is 35.8 Å². The maximum atomic E-state index is 13.3. The summed E-state index contributed by atoms with van der Waals surface area (Å²) in [6, 6.07) is 4.75. The Labute approximate surface area is 190 Å². The zero-order valence-corrected chi connectivity index (χ0v) is 18.6. The van der Waals surface area contributed by atoms with Gasteiger partial charge in [-0.1, -0.05) is 29.4 Å². The van der Waals surface area contributed by atoms with E-state index in [1.54, 1.807) is 12.1 Å². The first-order valence-electron chi connectivity index (χ1n) is 9.43. The number of benzene rings is 1. The molecule has 1 aliphatic rings. The van der Waals surface area contributed by atoms with Crippen molar-refractivity contribution < 1.29 is 13.9 Å². The highest BCUT2D eigenvalue weighted by atomic mass is 35.5. The summed E-state index contributed by atoms with van der Waals surface area (Å²) in [4.78, 5) is 18.8. The third kappa shape index (κ3) is 6.20. The monoisotopic (exact) mass is 483 g/mol. The Morgan fingerprint density at radius 3 is 3.19 bits per heavy atom. The number of ether oxygens (including phenoxy) is 1. The van der Waals surface area contributed by atoms with Crippen LogP contribution in [0.4, 0.5) is 4.39 Å². The normalized spacial score (nSPS) is 17.0. The number of hydrogen-bond acceptors (Lipinski definition) is 9. The van der Waals surface area contributed by atoms with Gasteiger partial charge in [0.2, 0.25) is 11.7 Å². The Balaban J connectivity index is 1.19. The second-order valence-electron chi connectivity index (χ2n) is 6.80. The maximum absolute atomic E-state index is 13.3. The minimum atomic E-state index is -0.422. The number of amides is 1. The van der Waals surface area contributed by atoms with Gasteiger partial charge in [-0.3, -0.25) is 9.69 Å². The molecular weight excluding hydrogens is 465 g/mol. The standard InChI is InChI=1S/C18H19ClFN7O2S2/c19-13-5-11(1-2-14(13)20)7-27-3-4-29-12(8-27)6-21-16(28)10-31-18-22-15(9-30-18)17-23-25-26-24-17/h1-2,5,9,12H,3-4,6-8,10H2,(H,21,28)(H,23,24,25,26). The van der Waals surface area contributed by atoms with Crippen LogP contribution >= 0.6 is 34.7 Å². The van der Waals surface area contributed by atoms with Crippen molar-refractivity contribution >= 4 is 40.6 Å². The van der Waals surface area contributed by atoms with Crippen LogP contribution in [0.1, 0.15) is 5.56 Å². The number of rotatable bonds is 8. The molecule has 31 heavy (non-hydrogen) atoms. The zero-order chi connectivity index (χ0) is 21.6. The number of nitrogens with zero attached hydrogens (tertiary/aromatic N) is 5. The van der Waals surface area contributed by atoms with Crippen molar-refractivity contribution in [3.63, 3.8) is 0 Å². The number of nitrogens with one attached hydrogen (secondary N) is 2. The molecule has 2 aromatic heterocycles. The fourth-order valence-corrected chi connectivity index (χ4v) is 4.88. The number of H-pyrrole nitrogens is 1. The van der Waals surface area contributed by atoms with Crippen molar-refractivity contribution in [1.29, 1.82) is 0 Å². The number of carbonyl (C=O) groups is 1. The molecule has 1 amide bonds. The van der Waals surface area contributed by atoms with Gasteiger partial charge in [-0.25, -0.2) is 9.37 Å². The van der Waals surface area contributed by atoms with Gasteiger partial charge >= 0.3 is 0 Å². The van der Waals surface area contributed by atoms with E-state index in [1.807, 2.05) is 5.38 Å². The van der Waals surface area contributed by atoms with Crippen LogP contribution < -0.4 is 5.32 Å². The quantitative estimate of drug-likeness (QED) is 0.469. The maximum Gasteiger partial charge on any atom is 0.230 e. The predicted octanol–water partition coefficient (Wildman–Crippen LogP) is 2.22. The highest BCUT2D eigenvalue weighted by Gasteiger charge is 2.21. The third-order valence-corrected chi connectivity index (χ3v) is 6.83. The average molecular weight is 484 g/mol. The second-order valence-corrected chi connectivity index (χ2v) is 9.29. The predicted molar refractivity (Wildman–Crippen MR) is 115 cm³/mol. The lowest BCUT2D eigenvalue weighted by molar-refractivity contribution is -0.119. The van der Waals surface area contributed by atoms with E-state index in [0.717, 1.165) is 16.4 Å². The lowest BCUT2D eigenvalue weighted by atomic mass is 10.2. The van der Waals surface area contributed by atoms with Crippen molar-refractivity contribution in [2.45, 2.75) is 17.0 Å². The van der Waals surface area contributed by atoms with Gasteiger partial charge in [0, 0.05) is 31.6 Å². The molecule has 13 heteroatoms. The van der Waals surface area contributed by atoms with Crippen LogP contribution in [0.3, 0.4) is 0 Å². The van der Waals surface area contributed by atoms with E-state index >= 15 is 0 Å². The number of halogens is 2. The first kappa shape index (κ1) is 22.1. The van der Waals surface area contributed by atoms with Gasteiger partial charge < -0.3 is 10.1 Å². The van der Waals surface area contributed by atoms with Gasteiger partial charge in [0.25, 0.3) is 0 Å². The summed E-state index contributed by atoms with van der Waals surface area (Å²) in [7, 11) is 0. The highest BCUT2D eigenvalue weighted by Crippen LogP contribution is 2.26. The summed E-state index contributed by atoms with van der Waals surface area (Å²) >= 11 is 8.64. The average Bonchev–Trinajstić information content (AvgIpc) is 3.45. The van der Waals surface area contributed by atoms with Crippen molar-refractivity contribution in [3.8, 4) is 11.5 Å². The molecule has 1 saturated heterocycles. The molecule has 1 atom stereocenters. The molecule has 1 fully saturated rings. The zero-order valence-electron chi connectivity index (χ0n) is 16.3.